The molecule has 3 heterocycles. The molecule has 0 saturated heterocycles. The van der Waals surface area contributed by atoms with Gasteiger partial charge in [-0.1, -0.05) is 0 Å². The van der Waals surface area contributed by atoms with E-state index in [9.17, 15) is 0 Å². The molecule has 3 rings (SSSR count). The number of aromatic nitrogens is 6. The van der Waals surface area contributed by atoms with Gasteiger partial charge in [0.25, 0.3) is 0 Å². The minimum absolute atomic E-state index is 0.701. The first-order chi connectivity index (χ1) is 7.27. The number of nitrogens with zero attached hydrogens (tertiary/aromatic N) is 6. The fraction of sp³-hybridized carbons (Fsp3) is 0.500. The Morgan fingerprint density at radius 3 is 2.73 bits per heavy atom. The molecule has 7 heteroatoms. The van der Waals surface area contributed by atoms with E-state index < -0.39 is 0 Å². The van der Waals surface area contributed by atoms with Crippen molar-refractivity contribution < 1.29 is 0 Å². The fourth-order valence-electron chi connectivity index (χ4n) is 1.87. The molecule has 7 nitrogen and oxygen atoms in total. The zero-order valence-corrected chi connectivity index (χ0v) is 8.60. The first kappa shape index (κ1) is 8.54. The normalized spacial score (nSPS) is 14.5. The summed E-state index contributed by atoms with van der Waals surface area (Å²) in [5.41, 5.74) is 2.31. The summed E-state index contributed by atoms with van der Waals surface area (Å²) >= 11 is 0. The molecule has 0 fully saturated rings. The number of hydrogen-bond donors (Lipinski definition) is 1. The van der Waals surface area contributed by atoms with Crippen molar-refractivity contribution in [2.75, 3.05) is 0 Å². The van der Waals surface area contributed by atoms with E-state index in [1.165, 1.54) is 5.69 Å². The summed E-state index contributed by atoms with van der Waals surface area (Å²) in [7, 11) is 3.80. The van der Waals surface area contributed by atoms with Gasteiger partial charge in [-0.15, -0.1) is 5.10 Å². The van der Waals surface area contributed by atoms with Crippen LogP contribution in [0.4, 0.5) is 0 Å². The summed E-state index contributed by atoms with van der Waals surface area (Å²) in [5, 5.41) is 14.6. The van der Waals surface area contributed by atoms with E-state index in [0.29, 0.717) is 5.82 Å². The highest BCUT2D eigenvalue weighted by Crippen LogP contribution is 2.21. The lowest BCUT2D eigenvalue weighted by atomic mass is 10.4. The molecule has 0 amide bonds. The van der Waals surface area contributed by atoms with Gasteiger partial charge in [0.1, 0.15) is 0 Å². The van der Waals surface area contributed by atoms with Crippen LogP contribution in [-0.2, 0) is 27.2 Å². The number of nitrogens with one attached hydrogen (secondary N) is 1. The van der Waals surface area contributed by atoms with E-state index in [1.54, 1.807) is 4.68 Å². The van der Waals surface area contributed by atoms with Crippen LogP contribution >= 0.6 is 0 Å². The summed E-state index contributed by atoms with van der Waals surface area (Å²) in [6.07, 6.45) is 0. The third-order valence-electron chi connectivity index (χ3n) is 2.70. The Labute approximate surface area is 86.1 Å². The maximum absolute atomic E-state index is 4.53. The Morgan fingerprint density at radius 1 is 1.20 bits per heavy atom. The predicted octanol–water partition coefficient (Wildman–Crippen LogP) is -0.786. The average Bonchev–Trinajstić information content (AvgIpc) is 2.85. The number of aryl methyl sites for hydroxylation is 1. The second-order valence-electron chi connectivity index (χ2n) is 3.62. The van der Waals surface area contributed by atoms with Gasteiger partial charge in [-0.05, 0) is 10.4 Å². The highest BCUT2D eigenvalue weighted by Gasteiger charge is 2.22. The van der Waals surface area contributed by atoms with Crippen molar-refractivity contribution in [3.63, 3.8) is 0 Å². The molecule has 0 saturated carbocycles. The second kappa shape index (κ2) is 2.86. The molecule has 0 atom stereocenters. The largest absolute Gasteiger partial charge is 0.327 e. The fourth-order valence-corrected chi connectivity index (χ4v) is 1.87. The van der Waals surface area contributed by atoms with Crippen LogP contribution in [0.1, 0.15) is 11.4 Å². The third-order valence-corrected chi connectivity index (χ3v) is 2.70. The van der Waals surface area contributed by atoms with Gasteiger partial charge >= 0.3 is 0 Å². The first-order valence-corrected chi connectivity index (χ1v) is 4.75. The zero-order chi connectivity index (χ0) is 10.4. The summed E-state index contributed by atoms with van der Waals surface area (Å²) in [4.78, 5) is 4.53. The van der Waals surface area contributed by atoms with Gasteiger partial charge in [-0.25, -0.2) is 9.67 Å². The Hall–Kier alpha value is -1.76. The highest BCUT2D eigenvalue weighted by molar-refractivity contribution is 5.46. The highest BCUT2D eigenvalue weighted by atomic mass is 15.5. The number of hydrogen-bond acceptors (Lipinski definition) is 5. The van der Waals surface area contributed by atoms with E-state index >= 15 is 0 Å². The van der Waals surface area contributed by atoms with Crippen LogP contribution < -0.4 is 5.32 Å². The molecule has 0 radical (unpaired) electrons. The van der Waals surface area contributed by atoms with Crippen LogP contribution in [0.25, 0.3) is 11.6 Å². The molecule has 0 aromatic carbocycles. The molecule has 15 heavy (non-hydrogen) atoms. The molecule has 0 unspecified atom stereocenters. The summed E-state index contributed by atoms with van der Waals surface area (Å²) in [6.45, 7) is 1.69. The average molecular weight is 205 g/mol. The van der Waals surface area contributed by atoms with Crippen LogP contribution in [0.3, 0.4) is 0 Å². The van der Waals surface area contributed by atoms with Crippen LogP contribution in [0.2, 0.25) is 0 Å². The van der Waals surface area contributed by atoms with Gasteiger partial charge in [0.05, 0.1) is 11.4 Å². The lowest BCUT2D eigenvalue weighted by molar-refractivity contribution is 0.695. The maximum atomic E-state index is 4.53. The molecule has 1 aliphatic heterocycles. The maximum Gasteiger partial charge on any atom is 0.217 e. The topological polar surface area (TPSA) is 73.5 Å². The molecule has 1 aliphatic rings. The molecular formula is C8H11N7. The van der Waals surface area contributed by atoms with Crippen molar-refractivity contribution in [3.05, 3.63) is 11.4 Å². The van der Waals surface area contributed by atoms with Crippen molar-refractivity contribution in [2.45, 2.75) is 13.1 Å². The molecule has 0 spiro atoms. The lowest BCUT2D eigenvalue weighted by Gasteiger charge is -2.02. The van der Waals surface area contributed by atoms with Gasteiger partial charge in [0.15, 0.2) is 5.82 Å². The Balaban J connectivity index is 2.18. The predicted molar refractivity (Wildman–Crippen MR) is 51.5 cm³/mol. The van der Waals surface area contributed by atoms with E-state index in [2.05, 4.69) is 25.8 Å². The molecule has 0 aliphatic carbocycles. The molecule has 2 aromatic rings. The van der Waals surface area contributed by atoms with Crippen molar-refractivity contribution in [3.8, 4) is 11.6 Å². The number of fused-ring (bicyclic) bond motifs is 1. The van der Waals surface area contributed by atoms with Gasteiger partial charge in [-0.3, -0.25) is 0 Å². The van der Waals surface area contributed by atoms with Crippen LogP contribution in [-0.4, -0.2) is 29.8 Å². The van der Waals surface area contributed by atoms with Crippen molar-refractivity contribution >= 4 is 0 Å². The standard InChI is InChI=1S/C8H11N7/c1-14-6-4-9-3-5(6)10-7(14)8-11-12-13-15(8)2/h9H,3-4H2,1-2H3. The van der Waals surface area contributed by atoms with E-state index in [4.69, 9.17) is 0 Å². The molecule has 1 N–H and O–H groups in total. The van der Waals surface area contributed by atoms with Crippen LogP contribution in [0, 0.1) is 0 Å². The summed E-state index contributed by atoms with van der Waals surface area (Å²) in [6, 6.07) is 0. The molecule has 78 valence electrons. The minimum Gasteiger partial charge on any atom is -0.327 e. The molecule has 0 bridgehead atoms. The van der Waals surface area contributed by atoms with Gasteiger partial charge in [-0.2, -0.15) is 0 Å². The third kappa shape index (κ3) is 1.09. The summed E-state index contributed by atoms with van der Waals surface area (Å²) in [5.74, 6) is 1.53. The van der Waals surface area contributed by atoms with Crippen molar-refractivity contribution in [2.24, 2.45) is 14.1 Å². The smallest absolute Gasteiger partial charge is 0.217 e. The first-order valence-electron chi connectivity index (χ1n) is 4.75. The second-order valence-corrected chi connectivity index (χ2v) is 3.62. The Kier molecular flexibility index (Phi) is 1.63. The monoisotopic (exact) mass is 205 g/mol. The Morgan fingerprint density at radius 2 is 2.07 bits per heavy atom. The van der Waals surface area contributed by atoms with Crippen LogP contribution in [0.15, 0.2) is 0 Å². The van der Waals surface area contributed by atoms with Crippen molar-refractivity contribution in [1.29, 1.82) is 0 Å². The zero-order valence-electron chi connectivity index (χ0n) is 8.60. The molecular weight excluding hydrogens is 194 g/mol. The van der Waals surface area contributed by atoms with E-state index in [0.717, 1.165) is 24.6 Å². The van der Waals surface area contributed by atoms with Crippen molar-refractivity contribution in [1.82, 2.24) is 35.1 Å². The SMILES string of the molecule is Cn1nnnc1-c1nc2c(n1C)CNC2. The number of tetrazole rings is 1. The van der Waals surface area contributed by atoms with Gasteiger partial charge in [0, 0.05) is 27.2 Å². The van der Waals surface area contributed by atoms with Crippen LogP contribution in [0.5, 0.6) is 0 Å². The van der Waals surface area contributed by atoms with Gasteiger partial charge in [0.2, 0.25) is 5.82 Å². The number of rotatable bonds is 1. The van der Waals surface area contributed by atoms with E-state index in [-0.39, 0.29) is 0 Å². The Bertz CT molecular complexity index is 509. The summed E-state index contributed by atoms with van der Waals surface area (Å²) < 4.78 is 3.67. The molecule has 2 aromatic heterocycles. The van der Waals surface area contributed by atoms with Gasteiger partial charge < -0.3 is 9.88 Å². The number of imidazole rings is 1. The minimum atomic E-state index is 0.701. The quantitative estimate of drug-likeness (QED) is 0.660. The lowest BCUT2D eigenvalue weighted by Crippen LogP contribution is -2.08. The van der Waals surface area contributed by atoms with E-state index in [1.807, 2.05) is 18.7 Å².